The summed E-state index contributed by atoms with van der Waals surface area (Å²) in [6.07, 6.45) is 26.1. The Bertz CT molecular complexity index is 1460. The molecule has 0 saturated carbocycles. The van der Waals surface area contributed by atoms with Gasteiger partial charge in [-0.1, -0.05) is 176 Å². The third-order valence-electron chi connectivity index (χ3n) is 8.81. The van der Waals surface area contributed by atoms with Gasteiger partial charge in [-0.3, -0.25) is 0 Å². The molecule has 0 aliphatic rings. The highest BCUT2D eigenvalue weighted by molar-refractivity contribution is 7.13. The predicted octanol–water partition coefficient (Wildman–Crippen LogP) is 10.2. The largest absolute Gasteiger partial charge is 0.374 e. The summed E-state index contributed by atoms with van der Waals surface area (Å²) in [5.74, 6) is 1.53. The summed E-state index contributed by atoms with van der Waals surface area (Å²) in [6.45, 7) is 6.18. The van der Waals surface area contributed by atoms with Crippen molar-refractivity contribution in [2.75, 3.05) is 11.5 Å². The molecule has 0 fully saturated rings. The van der Waals surface area contributed by atoms with Gasteiger partial charge in [-0.25, -0.2) is 19.3 Å². The zero-order chi connectivity index (χ0) is 33.1. The van der Waals surface area contributed by atoms with Crippen molar-refractivity contribution in [3.63, 3.8) is 0 Å². The molecule has 0 spiro atoms. The summed E-state index contributed by atoms with van der Waals surface area (Å²) in [4.78, 5) is 15.2. The van der Waals surface area contributed by atoms with Gasteiger partial charge >= 0.3 is 0 Å². The molecule has 1 aromatic carbocycles. The van der Waals surface area contributed by atoms with Crippen LogP contribution in [-0.4, -0.2) is 24.5 Å². The fourth-order valence-corrected chi connectivity index (χ4v) is 7.52. The lowest BCUT2D eigenvalue weighted by molar-refractivity contribution is 0.508. The van der Waals surface area contributed by atoms with Crippen molar-refractivity contribution in [3.05, 3.63) is 33.9 Å². The molecule has 3 aromatic heterocycles. The van der Waals surface area contributed by atoms with Crippen LogP contribution >= 0.6 is 22.7 Å². The zero-order valence-electron chi connectivity index (χ0n) is 29.0. The fraction of sp³-hybridized carbons (Fsp3) is 0.667. The molecule has 5 N–H and O–H groups in total. The number of nitrogens with zero attached hydrogens (tertiary/aromatic N) is 6. The smallest absolute Gasteiger partial charge is 0.211 e. The number of aromatic nitrogens is 5. The van der Waals surface area contributed by atoms with Crippen LogP contribution in [0.15, 0.2) is 34.3 Å². The van der Waals surface area contributed by atoms with E-state index in [4.69, 9.17) is 21.5 Å². The van der Waals surface area contributed by atoms with Gasteiger partial charge in [0.15, 0.2) is 0 Å². The van der Waals surface area contributed by atoms with Crippen LogP contribution in [0.5, 0.6) is 0 Å². The average molecular weight is 682 g/mol. The lowest BCUT2D eigenvalue weighted by atomic mass is 10.1. The molecule has 0 aliphatic carbocycles. The Labute approximate surface area is 289 Å². The standard InChI is InChI=1S/C36H59N9S2/c1-3-5-7-9-11-13-15-17-19-23-27-44-35(46-33(37)42-44)40-31-29-25-21-22-26-30(29)32(39-31)41-36-45(43-34(38)47-36)28-24-20-18-16-14-12-10-8-6-4-2/h21-22,25-26,39H,3-20,23-24,27-28H2,1-2H3,(H2,37,42)(H2,38,43). The Morgan fingerprint density at radius 1 is 0.553 bits per heavy atom. The van der Waals surface area contributed by atoms with Gasteiger partial charge in [-0.15, -0.1) is 10.2 Å². The monoisotopic (exact) mass is 681 g/mol. The number of unbranched alkanes of at least 4 members (excludes halogenated alkanes) is 18. The summed E-state index contributed by atoms with van der Waals surface area (Å²) in [7, 11) is 0. The van der Waals surface area contributed by atoms with Gasteiger partial charge in [0, 0.05) is 23.9 Å². The first-order valence-electron chi connectivity index (χ1n) is 18.5. The van der Waals surface area contributed by atoms with Gasteiger partial charge in [-0.2, -0.15) is 0 Å². The Morgan fingerprint density at radius 3 is 1.26 bits per heavy atom. The number of H-pyrrole nitrogens is 1. The Hall–Kier alpha value is -2.92. The van der Waals surface area contributed by atoms with Crippen molar-refractivity contribution < 1.29 is 0 Å². The van der Waals surface area contributed by atoms with Crippen molar-refractivity contribution in [2.24, 2.45) is 9.98 Å². The molecule has 11 heteroatoms. The summed E-state index contributed by atoms with van der Waals surface area (Å²) >= 11 is 2.84. The van der Waals surface area contributed by atoms with Crippen LogP contribution < -0.4 is 21.1 Å². The minimum Gasteiger partial charge on any atom is -0.374 e. The van der Waals surface area contributed by atoms with Gasteiger partial charge in [0.1, 0.15) is 11.6 Å². The number of rotatable bonds is 24. The second-order valence-corrected chi connectivity index (χ2v) is 14.8. The molecule has 0 aliphatic heterocycles. The van der Waals surface area contributed by atoms with Gasteiger partial charge in [0.25, 0.3) is 0 Å². The predicted molar refractivity (Wildman–Crippen MR) is 201 cm³/mol. The average Bonchev–Trinajstić information content (AvgIpc) is 3.72. The number of nitrogens with one attached hydrogen (secondary N) is 1. The third-order valence-corrected chi connectivity index (χ3v) is 10.4. The number of nitrogens with two attached hydrogens (primary N) is 2. The van der Waals surface area contributed by atoms with E-state index < -0.39 is 0 Å². The lowest BCUT2D eigenvalue weighted by Crippen LogP contribution is -2.16. The molecule has 0 bridgehead atoms. The molecule has 47 heavy (non-hydrogen) atoms. The maximum atomic E-state index is 6.17. The summed E-state index contributed by atoms with van der Waals surface area (Å²) in [5, 5.41) is 12.2. The lowest BCUT2D eigenvalue weighted by Gasteiger charge is -2.03. The molecule has 9 nitrogen and oxygen atoms in total. The zero-order valence-corrected chi connectivity index (χ0v) is 30.7. The topological polar surface area (TPSA) is 128 Å². The highest BCUT2D eigenvalue weighted by atomic mass is 32.1. The first-order valence-corrected chi connectivity index (χ1v) is 20.1. The van der Waals surface area contributed by atoms with Gasteiger partial charge in [0.2, 0.25) is 19.9 Å². The van der Waals surface area contributed by atoms with Crippen molar-refractivity contribution in [1.82, 2.24) is 24.5 Å². The molecule has 260 valence electrons. The van der Waals surface area contributed by atoms with E-state index in [0.717, 1.165) is 57.9 Å². The summed E-state index contributed by atoms with van der Waals surface area (Å²) in [5.41, 5.74) is 12.3. The second-order valence-electron chi connectivity index (χ2n) is 12.8. The van der Waals surface area contributed by atoms with E-state index in [1.165, 1.54) is 138 Å². The maximum Gasteiger partial charge on any atom is 0.211 e. The van der Waals surface area contributed by atoms with Crippen LogP contribution in [0.25, 0.3) is 10.8 Å². The Balaban J connectivity index is 1.37. The highest BCUT2D eigenvalue weighted by Crippen LogP contribution is 2.33. The van der Waals surface area contributed by atoms with E-state index in [9.17, 15) is 0 Å². The molecule has 4 aromatic rings. The number of hydrogen-bond donors (Lipinski definition) is 3. The van der Waals surface area contributed by atoms with Crippen molar-refractivity contribution in [2.45, 2.75) is 155 Å². The summed E-state index contributed by atoms with van der Waals surface area (Å²) < 4.78 is 3.92. The van der Waals surface area contributed by atoms with E-state index in [-0.39, 0.29) is 0 Å². The number of anilines is 2. The molecule has 4 rings (SSSR count). The van der Waals surface area contributed by atoms with E-state index in [1.54, 1.807) is 0 Å². The number of fused-ring (bicyclic) bond motifs is 1. The molecule has 0 radical (unpaired) electrons. The van der Waals surface area contributed by atoms with E-state index in [1.807, 2.05) is 21.5 Å². The highest BCUT2D eigenvalue weighted by Gasteiger charge is 2.12. The van der Waals surface area contributed by atoms with Crippen LogP contribution in [-0.2, 0) is 13.1 Å². The number of hydrogen-bond acceptors (Lipinski definition) is 8. The first-order chi connectivity index (χ1) is 23.1. The molecule has 0 amide bonds. The van der Waals surface area contributed by atoms with Crippen LogP contribution in [0.3, 0.4) is 0 Å². The van der Waals surface area contributed by atoms with E-state index >= 15 is 0 Å². The molecular weight excluding hydrogens is 623 g/mol. The third kappa shape index (κ3) is 12.6. The Morgan fingerprint density at radius 2 is 0.894 bits per heavy atom. The maximum absolute atomic E-state index is 6.17. The van der Waals surface area contributed by atoms with Gasteiger partial charge in [-0.05, 0) is 12.8 Å². The van der Waals surface area contributed by atoms with E-state index in [0.29, 0.717) is 10.3 Å². The minimum absolute atomic E-state index is 0.532. The minimum atomic E-state index is 0.532. The fourth-order valence-electron chi connectivity index (χ4n) is 6.12. The van der Waals surface area contributed by atoms with Crippen molar-refractivity contribution >= 4 is 55.3 Å². The van der Waals surface area contributed by atoms with Crippen LogP contribution in [0, 0.1) is 0 Å². The number of aryl methyl sites for hydroxylation is 2. The molecule has 0 unspecified atom stereocenters. The normalized spacial score (nSPS) is 12.6. The van der Waals surface area contributed by atoms with Gasteiger partial charge < -0.3 is 16.5 Å². The van der Waals surface area contributed by atoms with Crippen LogP contribution in [0.2, 0.25) is 0 Å². The quantitative estimate of drug-likeness (QED) is 0.0636. The second kappa shape index (κ2) is 21.1. The van der Waals surface area contributed by atoms with Crippen molar-refractivity contribution in [3.8, 4) is 0 Å². The molecule has 0 saturated heterocycles. The number of aromatic amines is 1. The molecule has 3 heterocycles. The number of benzene rings is 1. The first kappa shape index (κ1) is 36.9. The summed E-state index contributed by atoms with van der Waals surface area (Å²) in [6, 6.07) is 8.24. The van der Waals surface area contributed by atoms with Crippen LogP contribution in [0.1, 0.15) is 142 Å². The SMILES string of the molecule is CCCCCCCCCCCCn1nc(N)sc1=Nc1[nH]c(N=c2sc(N)nn2CCCCCCCCCCCC)c2ccccc12. The molecule has 0 atom stereocenters. The van der Waals surface area contributed by atoms with Gasteiger partial charge in [0.05, 0.1) is 0 Å². The molecular formula is C36H59N9S2. The Kier molecular flexibility index (Phi) is 16.6. The number of nitrogen functional groups attached to an aromatic ring is 2. The van der Waals surface area contributed by atoms with E-state index in [2.05, 4.69) is 41.2 Å². The van der Waals surface area contributed by atoms with Crippen molar-refractivity contribution in [1.29, 1.82) is 0 Å². The van der Waals surface area contributed by atoms with Crippen LogP contribution in [0.4, 0.5) is 21.9 Å².